The zero-order chi connectivity index (χ0) is 15.6. The molecule has 7 heteroatoms. The fourth-order valence-corrected chi connectivity index (χ4v) is 2.42. The molecule has 0 spiro atoms. The third kappa shape index (κ3) is 3.49. The molecule has 3 N–H and O–H groups in total. The number of aromatic nitrogens is 2. The van der Waals surface area contributed by atoms with E-state index in [0.29, 0.717) is 10.2 Å². The van der Waals surface area contributed by atoms with E-state index in [1.54, 1.807) is 6.07 Å². The van der Waals surface area contributed by atoms with Crippen molar-refractivity contribution in [2.45, 2.75) is 20.3 Å². The summed E-state index contributed by atoms with van der Waals surface area (Å²) in [5.74, 6) is -1.20. The molecule has 0 unspecified atom stereocenters. The quantitative estimate of drug-likeness (QED) is 0.788. The summed E-state index contributed by atoms with van der Waals surface area (Å²) in [7, 11) is 0. The second-order valence-corrected chi connectivity index (χ2v) is 5.49. The lowest BCUT2D eigenvalue weighted by molar-refractivity contribution is -0.115. The number of hydrogen-bond donors (Lipinski definition) is 3. The summed E-state index contributed by atoms with van der Waals surface area (Å²) in [5.41, 5.74) is 3.21. The van der Waals surface area contributed by atoms with Gasteiger partial charge in [0.15, 0.2) is 0 Å². The summed E-state index contributed by atoms with van der Waals surface area (Å²) >= 11 is 3.25. The van der Waals surface area contributed by atoms with Crippen LogP contribution in [0.1, 0.15) is 27.3 Å². The Bertz CT molecular complexity index is 690. The second-order valence-electron chi connectivity index (χ2n) is 4.64. The van der Waals surface area contributed by atoms with E-state index in [1.165, 1.54) is 12.1 Å². The first-order valence-electron chi connectivity index (χ1n) is 6.21. The number of benzene rings is 1. The molecule has 2 rings (SSSR count). The number of amides is 1. The van der Waals surface area contributed by atoms with Gasteiger partial charge in [-0.3, -0.25) is 9.89 Å². The lowest BCUT2D eigenvalue weighted by Crippen LogP contribution is -2.15. The van der Waals surface area contributed by atoms with Crippen LogP contribution >= 0.6 is 15.9 Å². The Balaban J connectivity index is 2.11. The van der Waals surface area contributed by atoms with Crippen LogP contribution in [0.15, 0.2) is 22.7 Å². The zero-order valence-electron chi connectivity index (χ0n) is 11.5. The van der Waals surface area contributed by atoms with Gasteiger partial charge < -0.3 is 10.4 Å². The molecule has 0 saturated heterocycles. The standard InChI is InChI=1S/C14H14BrN3O3/c1-7-10(8(2)18-17-7)6-13(19)16-12-4-3-9(14(20)21)5-11(12)15/h3-5H,6H2,1-2H3,(H,16,19)(H,17,18)(H,20,21). The van der Waals surface area contributed by atoms with E-state index >= 15 is 0 Å². The molecule has 6 nitrogen and oxygen atoms in total. The van der Waals surface area contributed by atoms with Crippen LogP contribution in [0.4, 0.5) is 5.69 Å². The SMILES string of the molecule is Cc1n[nH]c(C)c1CC(=O)Nc1ccc(C(=O)O)cc1Br. The van der Waals surface area contributed by atoms with Gasteiger partial charge in [-0.1, -0.05) is 0 Å². The minimum atomic E-state index is -1.02. The number of carbonyl (C=O) groups is 2. The summed E-state index contributed by atoms with van der Waals surface area (Å²) in [6, 6.07) is 4.45. The highest BCUT2D eigenvalue weighted by atomic mass is 79.9. The number of nitrogens with zero attached hydrogens (tertiary/aromatic N) is 1. The summed E-state index contributed by atoms with van der Waals surface area (Å²) in [6.45, 7) is 3.70. The van der Waals surface area contributed by atoms with Crippen molar-refractivity contribution < 1.29 is 14.7 Å². The van der Waals surface area contributed by atoms with Gasteiger partial charge in [0.2, 0.25) is 5.91 Å². The molecular formula is C14H14BrN3O3. The van der Waals surface area contributed by atoms with Crippen LogP contribution in [0.3, 0.4) is 0 Å². The minimum Gasteiger partial charge on any atom is -0.478 e. The average molecular weight is 352 g/mol. The third-order valence-corrected chi connectivity index (χ3v) is 3.76. The number of aryl methyl sites for hydroxylation is 2. The fraction of sp³-hybridized carbons (Fsp3) is 0.214. The van der Waals surface area contributed by atoms with Crippen LogP contribution in [0.25, 0.3) is 0 Å². The summed E-state index contributed by atoms with van der Waals surface area (Å²) in [5, 5.41) is 18.5. The number of rotatable bonds is 4. The maximum Gasteiger partial charge on any atom is 0.335 e. The Morgan fingerprint density at radius 3 is 2.62 bits per heavy atom. The number of carboxylic acid groups (broad SMARTS) is 1. The van der Waals surface area contributed by atoms with Crippen LogP contribution in [-0.2, 0) is 11.2 Å². The molecule has 0 bridgehead atoms. The number of hydrogen-bond acceptors (Lipinski definition) is 3. The number of halogens is 1. The Labute approximate surface area is 129 Å². The van der Waals surface area contributed by atoms with Crippen LogP contribution in [0, 0.1) is 13.8 Å². The van der Waals surface area contributed by atoms with E-state index < -0.39 is 5.97 Å². The Hall–Kier alpha value is -2.15. The lowest BCUT2D eigenvalue weighted by Gasteiger charge is -2.08. The molecule has 0 aliphatic carbocycles. The van der Waals surface area contributed by atoms with Crippen molar-refractivity contribution in [1.82, 2.24) is 10.2 Å². The number of carboxylic acids is 1. The van der Waals surface area contributed by atoms with E-state index in [1.807, 2.05) is 13.8 Å². The maximum absolute atomic E-state index is 12.1. The van der Waals surface area contributed by atoms with Gasteiger partial charge in [0.05, 0.1) is 23.4 Å². The number of H-pyrrole nitrogens is 1. The first kappa shape index (κ1) is 15.2. The average Bonchev–Trinajstić information content (AvgIpc) is 2.72. The Morgan fingerprint density at radius 1 is 1.38 bits per heavy atom. The highest BCUT2D eigenvalue weighted by molar-refractivity contribution is 9.10. The Kier molecular flexibility index (Phi) is 4.42. The topological polar surface area (TPSA) is 95.1 Å². The van der Waals surface area contributed by atoms with Gasteiger partial charge in [-0.05, 0) is 48.0 Å². The van der Waals surface area contributed by atoms with Crippen molar-refractivity contribution >= 4 is 33.5 Å². The molecule has 1 aromatic carbocycles. The second kappa shape index (κ2) is 6.09. The molecule has 0 aliphatic rings. The molecule has 0 aliphatic heterocycles. The van der Waals surface area contributed by atoms with E-state index in [9.17, 15) is 9.59 Å². The van der Waals surface area contributed by atoms with Crippen molar-refractivity contribution in [2.24, 2.45) is 0 Å². The Morgan fingerprint density at radius 2 is 2.10 bits per heavy atom. The van der Waals surface area contributed by atoms with Gasteiger partial charge in [0, 0.05) is 15.7 Å². The normalized spacial score (nSPS) is 10.4. The van der Waals surface area contributed by atoms with E-state index in [0.717, 1.165) is 17.0 Å². The zero-order valence-corrected chi connectivity index (χ0v) is 13.1. The molecule has 1 amide bonds. The fourth-order valence-electron chi connectivity index (χ4n) is 1.94. The number of aromatic carboxylic acids is 1. The first-order valence-corrected chi connectivity index (χ1v) is 7.01. The van der Waals surface area contributed by atoms with Gasteiger partial charge in [0.1, 0.15) is 0 Å². The molecule has 0 atom stereocenters. The first-order chi connectivity index (χ1) is 9.88. The molecule has 0 radical (unpaired) electrons. The van der Waals surface area contributed by atoms with Crippen LogP contribution in [0.2, 0.25) is 0 Å². The van der Waals surface area contributed by atoms with Crippen molar-refractivity contribution in [3.63, 3.8) is 0 Å². The van der Waals surface area contributed by atoms with Crippen molar-refractivity contribution in [2.75, 3.05) is 5.32 Å². The molecule has 110 valence electrons. The van der Waals surface area contributed by atoms with Crippen LogP contribution in [-0.4, -0.2) is 27.2 Å². The largest absolute Gasteiger partial charge is 0.478 e. The molecule has 0 fully saturated rings. The van der Waals surface area contributed by atoms with Crippen LogP contribution < -0.4 is 5.32 Å². The molecular weight excluding hydrogens is 338 g/mol. The van der Waals surface area contributed by atoms with Crippen molar-refractivity contribution in [3.05, 3.63) is 45.2 Å². The number of nitrogens with one attached hydrogen (secondary N) is 2. The molecule has 1 aromatic heterocycles. The predicted molar refractivity (Wildman–Crippen MR) is 81.5 cm³/mol. The highest BCUT2D eigenvalue weighted by Gasteiger charge is 2.13. The van der Waals surface area contributed by atoms with Gasteiger partial charge in [-0.15, -0.1) is 0 Å². The summed E-state index contributed by atoms with van der Waals surface area (Å²) in [4.78, 5) is 22.9. The van der Waals surface area contributed by atoms with E-state index in [-0.39, 0.29) is 17.9 Å². The highest BCUT2D eigenvalue weighted by Crippen LogP contribution is 2.24. The summed E-state index contributed by atoms with van der Waals surface area (Å²) in [6.07, 6.45) is 0.210. The maximum atomic E-state index is 12.1. The van der Waals surface area contributed by atoms with Crippen LogP contribution in [0.5, 0.6) is 0 Å². The number of anilines is 1. The van der Waals surface area contributed by atoms with Crippen molar-refractivity contribution in [3.8, 4) is 0 Å². The third-order valence-electron chi connectivity index (χ3n) is 3.11. The molecule has 21 heavy (non-hydrogen) atoms. The van der Waals surface area contributed by atoms with Gasteiger partial charge in [-0.25, -0.2) is 4.79 Å². The van der Waals surface area contributed by atoms with Gasteiger partial charge in [-0.2, -0.15) is 5.10 Å². The monoisotopic (exact) mass is 351 g/mol. The van der Waals surface area contributed by atoms with E-state index in [4.69, 9.17) is 5.11 Å². The molecule has 2 aromatic rings. The number of aromatic amines is 1. The van der Waals surface area contributed by atoms with E-state index in [2.05, 4.69) is 31.4 Å². The number of carbonyl (C=O) groups excluding carboxylic acids is 1. The van der Waals surface area contributed by atoms with Crippen molar-refractivity contribution in [1.29, 1.82) is 0 Å². The smallest absolute Gasteiger partial charge is 0.335 e. The van der Waals surface area contributed by atoms with Gasteiger partial charge >= 0.3 is 5.97 Å². The predicted octanol–water partition coefficient (Wildman–Crippen LogP) is 2.67. The lowest BCUT2D eigenvalue weighted by atomic mass is 10.1. The summed E-state index contributed by atoms with van der Waals surface area (Å²) < 4.78 is 0.524. The molecule has 1 heterocycles. The molecule has 0 saturated carbocycles. The van der Waals surface area contributed by atoms with Gasteiger partial charge in [0.25, 0.3) is 0 Å². The minimum absolute atomic E-state index is 0.154.